The number of hydrogen-bond acceptors (Lipinski definition) is 3. The predicted molar refractivity (Wildman–Crippen MR) is 57.9 cm³/mol. The van der Waals surface area contributed by atoms with E-state index < -0.39 is 0 Å². The molecule has 4 heteroatoms. The van der Waals surface area contributed by atoms with E-state index in [0.717, 1.165) is 16.6 Å². The number of hydrogen-bond donors (Lipinski definition) is 0. The minimum absolute atomic E-state index is 0.714. The van der Waals surface area contributed by atoms with Gasteiger partial charge in [0.1, 0.15) is 5.01 Å². The maximum atomic E-state index is 4.35. The Morgan fingerprint density at radius 3 is 2.92 bits per heavy atom. The molecule has 1 saturated carbocycles. The van der Waals surface area contributed by atoms with Gasteiger partial charge in [-0.3, -0.25) is 0 Å². The second kappa shape index (κ2) is 3.65. The van der Waals surface area contributed by atoms with Crippen LogP contribution in [0.1, 0.15) is 37.6 Å². The molecule has 0 amide bonds. The van der Waals surface area contributed by atoms with Gasteiger partial charge in [0, 0.05) is 5.92 Å². The molecule has 2 nitrogen and oxygen atoms in total. The molecule has 0 aromatic carbocycles. The van der Waals surface area contributed by atoms with E-state index in [1.54, 1.807) is 11.5 Å². The lowest BCUT2D eigenvalue weighted by molar-refractivity contribution is 0.531. The van der Waals surface area contributed by atoms with Gasteiger partial charge in [-0.25, -0.2) is 4.98 Å². The van der Waals surface area contributed by atoms with Crippen LogP contribution in [-0.2, 0) is 0 Å². The molecule has 1 aliphatic rings. The van der Waals surface area contributed by atoms with E-state index in [9.17, 15) is 0 Å². The summed E-state index contributed by atoms with van der Waals surface area (Å²) in [5.41, 5.74) is 0. The van der Waals surface area contributed by atoms with Gasteiger partial charge >= 0.3 is 0 Å². The molecule has 1 heterocycles. The highest BCUT2D eigenvalue weighted by atomic mass is 79.9. The van der Waals surface area contributed by atoms with Gasteiger partial charge in [-0.05, 0) is 52.1 Å². The highest BCUT2D eigenvalue weighted by Gasteiger charge is 2.40. The molecule has 1 aliphatic carbocycles. The maximum Gasteiger partial charge on any atom is 0.209 e. The summed E-state index contributed by atoms with van der Waals surface area (Å²) in [6.07, 6.45) is 2.65. The first-order chi connectivity index (χ1) is 6.16. The normalized spacial score (nSPS) is 26.8. The Kier molecular flexibility index (Phi) is 2.70. The first-order valence-corrected chi connectivity index (χ1v) is 6.22. The molecule has 2 unspecified atom stereocenters. The number of rotatable bonds is 3. The third-order valence-corrected chi connectivity index (χ3v) is 3.87. The van der Waals surface area contributed by atoms with Crippen molar-refractivity contribution in [2.45, 2.75) is 32.6 Å². The molecule has 2 rings (SSSR count). The summed E-state index contributed by atoms with van der Waals surface area (Å²) in [4.78, 5) is 4.35. The van der Waals surface area contributed by atoms with Crippen LogP contribution < -0.4 is 0 Å². The molecule has 0 saturated heterocycles. The van der Waals surface area contributed by atoms with Gasteiger partial charge < -0.3 is 0 Å². The van der Waals surface area contributed by atoms with Crippen molar-refractivity contribution in [3.8, 4) is 0 Å². The SMILES string of the molecule is CC(C)CC1CC1c1nc(Br)ns1. The average Bonchev–Trinajstić information content (AvgIpc) is 2.63. The predicted octanol–water partition coefficient (Wildman–Crippen LogP) is 3.45. The summed E-state index contributed by atoms with van der Waals surface area (Å²) >= 11 is 4.83. The molecule has 1 aromatic rings. The van der Waals surface area contributed by atoms with E-state index >= 15 is 0 Å². The van der Waals surface area contributed by atoms with Gasteiger partial charge in [0.15, 0.2) is 0 Å². The Balaban J connectivity index is 1.92. The van der Waals surface area contributed by atoms with Crippen LogP contribution in [0.15, 0.2) is 4.73 Å². The zero-order chi connectivity index (χ0) is 9.42. The molecule has 13 heavy (non-hydrogen) atoms. The Hall–Kier alpha value is 0.0400. The van der Waals surface area contributed by atoms with Crippen LogP contribution in [0.3, 0.4) is 0 Å². The number of halogens is 1. The zero-order valence-electron chi connectivity index (χ0n) is 7.83. The van der Waals surface area contributed by atoms with Gasteiger partial charge in [-0.15, -0.1) is 0 Å². The molecule has 1 fully saturated rings. The van der Waals surface area contributed by atoms with Crippen LogP contribution in [0, 0.1) is 11.8 Å². The number of aromatic nitrogens is 2. The number of nitrogens with zero attached hydrogens (tertiary/aromatic N) is 2. The summed E-state index contributed by atoms with van der Waals surface area (Å²) in [5.74, 6) is 2.40. The molecule has 0 aliphatic heterocycles. The van der Waals surface area contributed by atoms with E-state index in [-0.39, 0.29) is 0 Å². The van der Waals surface area contributed by atoms with Crippen LogP contribution in [0.2, 0.25) is 0 Å². The first-order valence-electron chi connectivity index (χ1n) is 4.66. The zero-order valence-corrected chi connectivity index (χ0v) is 10.2. The lowest BCUT2D eigenvalue weighted by atomic mass is 10.1. The third kappa shape index (κ3) is 2.29. The van der Waals surface area contributed by atoms with Crippen molar-refractivity contribution in [3.05, 3.63) is 9.74 Å². The summed E-state index contributed by atoms with van der Waals surface area (Å²) in [6.45, 7) is 4.57. The van der Waals surface area contributed by atoms with Gasteiger partial charge in [-0.1, -0.05) is 13.8 Å². The van der Waals surface area contributed by atoms with Crippen LogP contribution in [0.4, 0.5) is 0 Å². The minimum Gasteiger partial charge on any atom is -0.214 e. The van der Waals surface area contributed by atoms with Gasteiger partial charge in [-0.2, -0.15) is 4.37 Å². The van der Waals surface area contributed by atoms with Crippen molar-refractivity contribution in [2.75, 3.05) is 0 Å². The largest absolute Gasteiger partial charge is 0.214 e. The van der Waals surface area contributed by atoms with Gasteiger partial charge in [0.2, 0.25) is 4.73 Å². The van der Waals surface area contributed by atoms with Gasteiger partial charge in [0.25, 0.3) is 0 Å². The summed E-state index contributed by atoms with van der Waals surface area (Å²) in [5, 5.41) is 1.22. The first kappa shape index (κ1) is 9.59. The maximum absolute atomic E-state index is 4.35. The van der Waals surface area contributed by atoms with E-state index in [0.29, 0.717) is 5.92 Å². The second-order valence-electron chi connectivity index (χ2n) is 4.13. The topological polar surface area (TPSA) is 25.8 Å². The van der Waals surface area contributed by atoms with E-state index in [4.69, 9.17) is 0 Å². The van der Waals surface area contributed by atoms with Crippen LogP contribution >= 0.6 is 27.5 Å². The van der Waals surface area contributed by atoms with Crippen molar-refractivity contribution in [2.24, 2.45) is 11.8 Å². The Bertz CT molecular complexity index is 298. The summed E-state index contributed by atoms with van der Waals surface area (Å²) in [6, 6.07) is 0. The summed E-state index contributed by atoms with van der Waals surface area (Å²) < 4.78 is 4.89. The lowest BCUT2D eigenvalue weighted by Gasteiger charge is -2.00. The lowest BCUT2D eigenvalue weighted by Crippen LogP contribution is -1.90. The van der Waals surface area contributed by atoms with E-state index in [1.165, 1.54) is 17.8 Å². The smallest absolute Gasteiger partial charge is 0.209 e. The van der Waals surface area contributed by atoms with E-state index in [2.05, 4.69) is 39.1 Å². The van der Waals surface area contributed by atoms with Crippen molar-refractivity contribution < 1.29 is 0 Å². The van der Waals surface area contributed by atoms with Crippen molar-refractivity contribution in [1.82, 2.24) is 9.36 Å². The Morgan fingerprint density at radius 1 is 1.62 bits per heavy atom. The second-order valence-corrected chi connectivity index (χ2v) is 5.63. The highest BCUT2D eigenvalue weighted by Crippen LogP contribution is 2.51. The third-order valence-electron chi connectivity index (χ3n) is 2.43. The molecule has 72 valence electrons. The van der Waals surface area contributed by atoms with Crippen molar-refractivity contribution in [3.63, 3.8) is 0 Å². The molecule has 1 aromatic heterocycles. The molecule has 0 bridgehead atoms. The van der Waals surface area contributed by atoms with Crippen molar-refractivity contribution >= 4 is 27.5 Å². The monoisotopic (exact) mass is 260 g/mol. The quantitative estimate of drug-likeness (QED) is 0.832. The standard InChI is InChI=1S/C9H13BrN2S/c1-5(2)3-6-4-7(6)8-11-9(10)12-13-8/h5-7H,3-4H2,1-2H3. The fraction of sp³-hybridized carbons (Fsp3) is 0.778. The highest BCUT2D eigenvalue weighted by molar-refractivity contribution is 9.10. The van der Waals surface area contributed by atoms with Gasteiger partial charge in [0.05, 0.1) is 0 Å². The van der Waals surface area contributed by atoms with Crippen molar-refractivity contribution in [1.29, 1.82) is 0 Å². The molecular weight excluding hydrogens is 248 g/mol. The molecule has 2 atom stereocenters. The van der Waals surface area contributed by atoms with E-state index in [1.807, 2.05) is 0 Å². The van der Waals surface area contributed by atoms with Crippen LogP contribution in [0.5, 0.6) is 0 Å². The molecule has 0 N–H and O–H groups in total. The Morgan fingerprint density at radius 2 is 2.38 bits per heavy atom. The fourth-order valence-corrected chi connectivity index (χ4v) is 3.07. The van der Waals surface area contributed by atoms with Crippen LogP contribution in [-0.4, -0.2) is 9.36 Å². The molecular formula is C9H13BrN2S. The average molecular weight is 261 g/mol. The minimum atomic E-state index is 0.714. The van der Waals surface area contributed by atoms with Crippen LogP contribution in [0.25, 0.3) is 0 Å². The summed E-state index contributed by atoms with van der Waals surface area (Å²) in [7, 11) is 0. The molecule has 0 radical (unpaired) electrons. The molecule has 0 spiro atoms. The fourth-order valence-electron chi connectivity index (χ4n) is 1.78. The Labute approximate surface area is 91.1 Å².